The first-order valence-electron chi connectivity index (χ1n) is 6.47. The van der Waals surface area contributed by atoms with Gasteiger partial charge in [-0.1, -0.05) is 17.7 Å². The lowest BCUT2D eigenvalue weighted by molar-refractivity contribution is -0.137. The van der Waals surface area contributed by atoms with Gasteiger partial charge in [0.25, 0.3) is 0 Å². The number of methoxy groups -OCH3 is 1. The van der Waals surface area contributed by atoms with Crippen molar-refractivity contribution in [3.63, 3.8) is 0 Å². The molecular weight excluding hydrogens is 264 g/mol. The van der Waals surface area contributed by atoms with Gasteiger partial charge in [-0.2, -0.15) is 0 Å². The Labute approximate surface area is 118 Å². The minimum atomic E-state index is -0.102. The van der Waals surface area contributed by atoms with Crippen LogP contribution in [0.4, 0.5) is 0 Å². The fourth-order valence-electron chi connectivity index (χ4n) is 2.64. The summed E-state index contributed by atoms with van der Waals surface area (Å²) in [6.07, 6.45) is 1.24. The minimum absolute atomic E-state index is 0.0536. The zero-order valence-corrected chi connectivity index (χ0v) is 12.0. The SMILES string of the molecule is CCN1C(=O)CCC(N)C1c1ccc(OC)c(Cl)c1. The van der Waals surface area contributed by atoms with Crippen molar-refractivity contribution in [3.8, 4) is 5.75 Å². The fourth-order valence-corrected chi connectivity index (χ4v) is 2.91. The van der Waals surface area contributed by atoms with Gasteiger partial charge in [0, 0.05) is 19.0 Å². The van der Waals surface area contributed by atoms with E-state index < -0.39 is 0 Å². The predicted octanol–water partition coefficient (Wildman–Crippen LogP) is 2.36. The third-order valence-electron chi connectivity index (χ3n) is 3.61. The monoisotopic (exact) mass is 282 g/mol. The van der Waals surface area contributed by atoms with Crippen LogP contribution in [0.5, 0.6) is 5.75 Å². The molecule has 0 radical (unpaired) electrons. The number of amides is 1. The maximum atomic E-state index is 12.0. The molecule has 1 aliphatic heterocycles. The van der Waals surface area contributed by atoms with Gasteiger partial charge in [-0.05, 0) is 31.0 Å². The number of hydrogen-bond donors (Lipinski definition) is 1. The molecule has 1 aromatic rings. The summed E-state index contributed by atoms with van der Waals surface area (Å²) in [6, 6.07) is 5.43. The Morgan fingerprint density at radius 1 is 1.53 bits per heavy atom. The van der Waals surface area contributed by atoms with E-state index >= 15 is 0 Å². The quantitative estimate of drug-likeness (QED) is 0.926. The van der Waals surface area contributed by atoms with Gasteiger partial charge in [0.1, 0.15) is 5.75 Å². The molecule has 0 saturated carbocycles. The molecule has 2 rings (SSSR count). The Hall–Kier alpha value is -1.26. The summed E-state index contributed by atoms with van der Waals surface area (Å²) in [4.78, 5) is 13.8. The van der Waals surface area contributed by atoms with E-state index in [2.05, 4.69) is 0 Å². The summed E-state index contributed by atoms with van der Waals surface area (Å²) in [7, 11) is 1.58. The Bertz CT molecular complexity index is 479. The lowest BCUT2D eigenvalue weighted by Gasteiger charge is -2.39. The van der Waals surface area contributed by atoms with Crippen molar-refractivity contribution in [1.29, 1.82) is 0 Å². The van der Waals surface area contributed by atoms with E-state index in [4.69, 9.17) is 22.1 Å². The van der Waals surface area contributed by atoms with Crippen LogP contribution in [0, 0.1) is 0 Å². The van der Waals surface area contributed by atoms with Crippen LogP contribution in [0.2, 0.25) is 5.02 Å². The average Bonchev–Trinajstić information content (AvgIpc) is 2.41. The van der Waals surface area contributed by atoms with Crippen molar-refractivity contribution in [3.05, 3.63) is 28.8 Å². The summed E-state index contributed by atoms with van der Waals surface area (Å²) in [5.74, 6) is 0.783. The number of nitrogens with two attached hydrogens (primary N) is 1. The smallest absolute Gasteiger partial charge is 0.223 e. The molecule has 1 aromatic carbocycles. The first-order chi connectivity index (χ1) is 9.08. The molecule has 1 heterocycles. The highest BCUT2D eigenvalue weighted by Gasteiger charge is 2.34. The molecule has 5 heteroatoms. The van der Waals surface area contributed by atoms with Crippen LogP contribution in [-0.4, -0.2) is 30.5 Å². The van der Waals surface area contributed by atoms with Crippen LogP contribution < -0.4 is 10.5 Å². The number of piperidine rings is 1. The molecule has 1 saturated heterocycles. The molecular formula is C14H19ClN2O2. The van der Waals surface area contributed by atoms with E-state index in [1.54, 1.807) is 7.11 Å². The summed E-state index contributed by atoms with van der Waals surface area (Å²) >= 11 is 6.15. The zero-order valence-electron chi connectivity index (χ0n) is 11.2. The third-order valence-corrected chi connectivity index (χ3v) is 3.91. The van der Waals surface area contributed by atoms with Crippen molar-refractivity contribution in [2.45, 2.75) is 31.8 Å². The number of likely N-dealkylation sites (N-methyl/N-ethyl adjacent to an activating group) is 1. The maximum absolute atomic E-state index is 12.0. The molecule has 0 bridgehead atoms. The van der Waals surface area contributed by atoms with E-state index in [9.17, 15) is 4.79 Å². The van der Waals surface area contributed by atoms with Crippen LogP contribution >= 0.6 is 11.6 Å². The van der Waals surface area contributed by atoms with Crippen LogP contribution in [0.15, 0.2) is 18.2 Å². The Kier molecular flexibility index (Phi) is 4.32. The molecule has 0 spiro atoms. The molecule has 2 N–H and O–H groups in total. The molecule has 1 fully saturated rings. The van der Waals surface area contributed by atoms with Crippen LogP contribution in [-0.2, 0) is 4.79 Å². The second kappa shape index (κ2) is 5.80. The largest absolute Gasteiger partial charge is 0.495 e. The Morgan fingerprint density at radius 2 is 2.26 bits per heavy atom. The summed E-state index contributed by atoms with van der Waals surface area (Å²) < 4.78 is 5.14. The Balaban J connectivity index is 2.36. The highest BCUT2D eigenvalue weighted by Crippen LogP contribution is 2.34. The van der Waals surface area contributed by atoms with Gasteiger partial charge < -0.3 is 15.4 Å². The molecule has 1 amide bonds. The van der Waals surface area contributed by atoms with Gasteiger partial charge in [0.2, 0.25) is 5.91 Å². The van der Waals surface area contributed by atoms with Crippen molar-refractivity contribution in [2.24, 2.45) is 5.73 Å². The lowest BCUT2D eigenvalue weighted by atomic mass is 9.90. The maximum Gasteiger partial charge on any atom is 0.223 e. The molecule has 1 aliphatic rings. The number of nitrogens with zero attached hydrogens (tertiary/aromatic N) is 1. The van der Waals surface area contributed by atoms with Crippen LogP contribution in [0.3, 0.4) is 0 Å². The molecule has 4 nitrogen and oxygen atoms in total. The highest BCUT2D eigenvalue weighted by atomic mass is 35.5. The molecule has 2 atom stereocenters. The van der Waals surface area contributed by atoms with Gasteiger partial charge in [-0.3, -0.25) is 4.79 Å². The summed E-state index contributed by atoms with van der Waals surface area (Å²) in [6.45, 7) is 2.62. The van der Waals surface area contributed by atoms with E-state index in [1.807, 2.05) is 30.0 Å². The van der Waals surface area contributed by atoms with Gasteiger partial charge in [0.15, 0.2) is 0 Å². The van der Waals surface area contributed by atoms with Gasteiger partial charge in [0.05, 0.1) is 18.2 Å². The van der Waals surface area contributed by atoms with Crippen LogP contribution in [0.1, 0.15) is 31.4 Å². The first kappa shape index (κ1) is 14.2. The number of ether oxygens (including phenoxy) is 1. The van der Waals surface area contributed by atoms with Crippen molar-refractivity contribution >= 4 is 17.5 Å². The van der Waals surface area contributed by atoms with E-state index in [0.29, 0.717) is 30.2 Å². The number of carbonyl (C=O) groups excluding carboxylic acids is 1. The Morgan fingerprint density at radius 3 is 2.84 bits per heavy atom. The third kappa shape index (κ3) is 2.69. The average molecular weight is 283 g/mol. The van der Waals surface area contributed by atoms with Gasteiger partial charge in [-0.15, -0.1) is 0 Å². The number of carbonyl (C=O) groups is 1. The van der Waals surface area contributed by atoms with E-state index in [1.165, 1.54) is 0 Å². The highest BCUT2D eigenvalue weighted by molar-refractivity contribution is 6.32. The molecule has 0 aliphatic carbocycles. The zero-order chi connectivity index (χ0) is 14.0. The summed E-state index contributed by atoms with van der Waals surface area (Å²) in [5, 5.41) is 0.543. The number of rotatable bonds is 3. The van der Waals surface area contributed by atoms with Crippen molar-refractivity contribution < 1.29 is 9.53 Å². The van der Waals surface area contributed by atoms with E-state index in [0.717, 1.165) is 5.56 Å². The van der Waals surface area contributed by atoms with Gasteiger partial charge >= 0.3 is 0 Å². The van der Waals surface area contributed by atoms with Crippen LogP contribution in [0.25, 0.3) is 0 Å². The van der Waals surface area contributed by atoms with Crippen molar-refractivity contribution in [2.75, 3.05) is 13.7 Å². The standard InChI is InChI=1S/C14H19ClN2O2/c1-3-17-13(18)7-5-11(16)14(17)9-4-6-12(19-2)10(15)8-9/h4,6,8,11,14H,3,5,7,16H2,1-2H3. The number of benzene rings is 1. The summed E-state index contributed by atoms with van der Waals surface area (Å²) in [5.41, 5.74) is 7.16. The molecule has 19 heavy (non-hydrogen) atoms. The second-order valence-electron chi connectivity index (χ2n) is 4.72. The lowest BCUT2D eigenvalue weighted by Crippen LogP contribution is -2.48. The van der Waals surface area contributed by atoms with Gasteiger partial charge in [-0.25, -0.2) is 0 Å². The minimum Gasteiger partial charge on any atom is -0.495 e. The second-order valence-corrected chi connectivity index (χ2v) is 5.13. The number of hydrogen-bond acceptors (Lipinski definition) is 3. The van der Waals surface area contributed by atoms with E-state index in [-0.39, 0.29) is 18.0 Å². The first-order valence-corrected chi connectivity index (χ1v) is 6.84. The molecule has 104 valence electrons. The molecule has 0 aromatic heterocycles. The van der Waals surface area contributed by atoms with Crippen molar-refractivity contribution in [1.82, 2.24) is 4.90 Å². The topological polar surface area (TPSA) is 55.6 Å². The predicted molar refractivity (Wildman–Crippen MR) is 75.3 cm³/mol. The fraction of sp³-hybridized carbons (Fsp3) is 0.500. The normalized spacial score (nSPS) is 23.6. The number of likely N-dealkylation sites (tertiary alicyclic amines) is 1. The molecule has 2 unspecified atom stereocenters. The number of halogens is 1.